The fraction of sp³-hybridized carbons (Fsp3) is 0.317. The lowest BCUT2D eigenvalue weighted by Gasteiger charge is -2.33. The highest BCUT2D eigenvalue weighted by Gasteiger charge is 2.43. The third kappa shape index (κ3) is 6.66. The van der Waals surface area contributed by atoms with Gasteiger partial charge in [-0.25, -0.2) is 0 Å². The van der Waals surface area contributed by atoms with E-state index in [1.54, 1.807) is 60.7 Å². The van der Waals surface area contributed by atoms with Crippen LogP contribution in [-0.2, 0) is 5.41 Å². The predicted molar refractivity (Wildman–Crippen MR) is 180 cm³/mol. The molecule has 0 aromatic heterocycles. The molecule has 5 rings (SSSR count). The van der Waals surface area contributed by atoms with Crippen LogP contribution in [0.1, 0.15) is 131 Å². The number of Topliss-reactive ketones (excluding diaryl/α,β-unsaturated/α-hetero) is 4. The molecule has 0 saturated heterocycles. The van der Waals surface area contributed by atoms with Crippen LogP contribution in [0.5, 0.6) is 0 Å². The standard InChI is InChI=1S/C41H42O4/c1-3-5-7-15-25-41(26-16-8-6-4-2)35-27-31(39(44)37(42)29-17-11-9-12-18-29)21-23-33(35)34-24-22-32(28-36(34)41)40(45)38(43)30-19-13-10-14-20-30/h9-14,17-24,27-28H,3-8,15-16,25-26H2,1-2H3. The molecule has 0 amide bonds. The molecule has 1 aliphatic carbocycles. The highest BCUT2D eigenvalue weighted by Crippen LogP contribution is 2.54. The van der Waals surface area contributed by atoms with E-state index in [2.05, 4.69) is 13.8 Å². The van der Waals surface area contributed by atoms with Gasteiger partial charge in [-0.3, -0.25) is 19.2 Å². The summed E-state index contributed by atoms with van der Waals surface area (Å²) in [5.74, 6) is -2.07. The number of fused-ring (bicyclic) bond motifs is 3. The molecule has 230 valence electrons. The van der Waals surface area contributed by atoms with Crippen LogP contribution >= 0.6 is 0 Å². The lowest BCUT2D eigenvalue weighted by atomic mass is 9.70. The number of carbonyl (C=O) groups excluding carboxylic acids is 4. The number of unbranched alkanes of at least 4 members (excludes halogenated alkanes) is 6. The SMILES string of the molecule is CCCCCCC1(CCCCCC)c2cc(C(=O)C(=O)c3ccccc3)ccc2-c2ccc(C(=O)C(=O)c3ccccc3)cc21. The van der Waals surface area contributed by atoms with E-state index in [0.29, 0.717) is 22.3 Å². The molecule has 1 aliphatic rings. The van der Waals surface area contributed by atoms with Crippen molar-refractivity contribution in [1.82, 2.24) is 0 Å². The van der Waals surface area contributed by atoms with E-state index in [9.17, 15) is 19.2 Å². The summed E-state index contributed by atoms with van der Waals surface area (Å²) in [6.07, 6.45) is 10.4. The van der Waals surface area contributed by atoms with Gasteiger partial charge < -0.3 is 0 Å². The number of rotatable bonds is 16. The number of ketones is 4. The second-order valence-corrected chi connectivity index (χ2v) is 12.3. The van der Waals surface area contributed by atoms with Crippen molar-refractivity contribution in [2.24, 2.45) is 0 Å². The van der Waals surface area contributed by atoms with E-state index in [4.69, 9.17) is 0 Å². The van der Waals surface area contributed by atoms with Crippen LogP contribution in [0.15, 0.2) is 97.1 Å². The summed E-state index contributed by atoms with van der Waals surface area (Å²) < 4.78 is 0. The van der Waals surface area contributed by atoms with Gasteiger partial charge in [-0.1, -0.05) is 150 Å². The third-order valence-electron chi connectivity index (χ3n) is 9.28. The van der Waals surface area contributed by atoms with Crippen LogP contribution in [0.2, 0.25) is 0 Å². The summed E-state index contributed by atoms with van der Waals surface area (Å²) in [7, 11) is 0. The topological polar surface area (TPSA) is 68.3 Å². The van der Waals surface area contributed by atoms with Gasteiger partial charge in [0, 0.05) is 27.7 Å². The molecule has 0 radical (unpaired) electrons. The Labute approximate surface area is 266 Å². The van der Waals surface area contributed by atoms with E-state index in [1.807, 2.05) is 36.4 Å². The number of benzene rings is 4. The summed E-state index contributed by atoms with van der Waals surface area (Å²) >= 11 is 0. The van der Waals surface area contributed by atoms with E-state index in [-0.39, 0.29) is 0 Å². The van der Waals surface area contributed by atoms with Gasteiger partial charge in [0.25, 0.3) is 0 Å². The maximum Gasteiger partial charge on any atom is 0.233 e. The molecule has 4 aromatic carbocycles. The zero-order chi connectivity index (χ0) is 31.8. The molecule has 0 unspecified atom stereocenters. The van der Waals surface area contributed by atoms with Crippen LogP contribution in [0, 0.1) is 0 Å². The van der Waals surface area contributed by atoms with E-state index < -0.39 is 28.5 Å². The zero-order valence-corrected chi connectivity index (χ0v) is 26.4. The molecule has 0 saturated carbocycles. The molecule has 0 aliphatic heterocycles. The van der Waals surface area contributed by atoms with Crippen LogP contribution in [0.3, 0.4) is 0 Å². The van der Waals surface area contributed by atoms with Gasteiger partial charge in [0.05, 0.1) is 0 Å². The van der Waals surface area contributed by atoms with Gasteiger partial charge in [0.2, 0.25) is 23.1 Å². The highest BCUT2D eigenvalue weighted by atomic mass is 16.2. The molecule has 0 spiro atoms. The average molecular weight is 599 g/mol. The largest absolute Gasteiger partial charge is 0.285 e. The Bertz CT molecular complexity index is 1560. The average Bonchev–Trinajstić information content (AvgIpc) is 3.36. The van der Waals surface area contributed by atoms with Crippen molar-refractivity contribution in [3.05, 3.63) is 130 Å². The first-order chi connectivity index (χ1) is 21.9. The van der Waals surface area contributed by atoms with Gasteiger partial charge in [-0.05, 0) is 47.2 Å². The van der Waals surface area contributed by atoms with Crippen molar-refractivity contribution in [2.75, 3.05) is 0 Å². The van der Waals surface area contributed by atoms with Gasteiger partial charge >= 0.3 is 0 Å². The second kappa shape index (κ2) is 14.6. The van der Waals surface area contributed by atoms with Crippen molar-refractivity contribution >= 4 is 23.1 Å². The molecular formula is C41H42O4. The van der Waals surface area contributed by atoms with E-state index in [1.165, 1.54) is 0 Å². The Morgan fingerprint density at radius 3 is 1.20 bits per heavy atom. The summed E-state index contributed by atoms with van der Waals surface area (Å²) in [5.41, 5.74) is 5.28. The van der Waals surface area contributed by atoms with Gasteiger partial charge in [-0.15, -0.1) is 0 Å². The molecule has 0 heterocycles. The maximum absolute atomic E-state index is 13.5. The van der Waals surface area contributed by atoms with Crippen LogP contribution in [0.4, 0.5) is 0 Å². The minimum absolute atomic E-state index is 0.378. The molecule has 0 fully saturated rings. The second-order valence-electron chi connectivity index (χ2n) is 12.3. The Morgan fingerprint density at radius 1 is 0.444 bits per heavy atom. The summed E-state index contributed by atoms with van der Waals surface area (Å²) in [6, 6.07) is 28.7. The first kappa shape index (κ1) is 32.0. The van der Waals surface area contributed by atoms with Crippen LogP contribution in [-0.4, -0.2) is 23.1 Å². The highest BCUT2D eigenvalue weighted by molar-refractivity contribution is 6.49. The fourth-order valence-corrected chi connectivity index (χ4v) is 6.85. The third-order valence-corrected chi connectivity index (χ3v) is 9.28. The Morgan fingerprint density at radius 2 is 0.822 bits per heavy atom. The quantitative estimate of drug-likeness (QED) is 0.0731. The van der Waals surface area contributed by atoms with Crippen molar-refractivity contribution in [3.63, 3.8) is 0 Å². The van der Waals surface area contributed by atoms with E-state index >= 15 is 0 Å². The lowest BCUT2D eigenvalue weighted by molar-refractivity contribution is 0.0816. The molecule has 45 heavy (non-hydrogen) atoms. The summed E-state index contributed by atoms with van der Waals surface area (Å²) in [5, 5.41) is 0. The minimum atomic E-state index is -0.519. The van der Waals surface area contributed by atoms with Crippen molar-refractivity contribution in [1.29, 1.82) is 0 Å². The Balaban J connectivity index is 1.60. The molecule has 0 N–H and O–H groups in total. The van der Waals surface area contributed by atoms with Gasteiger partial charge in [0.15, 0.2) is 0 Å². The lowest BCUT2D eigenvalue weighted by Crippen LogP contribution is -2.27. The molecule has 0 bridgehead atoms. The fourth-order valence-electron chi connectivity index (χ4n) is 6.85. The molecule has 4 aromatic rings. The first-order valence-corrected chi connectivity index (χ1v) is 16.5. The number of hydrogen-bond acceptors (Lipinski definition) is 4. The molecular weight excluding hydrogens is 556 g/mol. The predicted octanol–water partition coefficient (Wildman–Crippen LogP) is 10.0. The summed E-state index contributed by atoms with van der Waals surface area (Å²) in [4.78, 5) is 53.5. The van der Waals surface area contributed by atoms with Crippen LogP contribution < -0.4 is 0 Å². The monoisotopic (exact) mass is 598 g/mol. The zero-order valence-electron chi connectivity index (χ0n) is 26.4. The molecule has 4 nitrogen and oxygen atoms in total. The van der Waals surface area contributed by atoms with Crippen molar-refractivity contribution in [2.45, 2.75) is 83.5 Å². The smallest absolute Gasteiger partial charge is 0.233 e. The first-order valence-electron chi connectivity index (χ1n) is 16.5. The maximum atomic E-state index is 13.5. The normalized spacial score (nSPS) is 12.8. The van der Waals surface area contributed by atoms with E-state index in [0.717, 1.165) is 86.5 Å². The number of carbonyl (C=O) groups is 4. The molecule has 0 atom stereocenters. The summed E-state index contributed by atoms with van der Waals surface area (Å²) in [6.45, 7) is 4.40. The number of hydrogen-bond donors (Lipinski definition) is 0. The Kier molecular flexibility index (Phi) is 10.3. The molecule has 4 heteroatoms. The minimum Gasteiger partial charge on any atom is -0.285 e. The van der Waals surface area contributed by atoms with Crippen molar-refractivity contribution in [3.8, 4) is 11.1 Å². The van der Waals surface area contributed by atoms with Crippen molar-refractivity contribution < 1.29 is 19.2 Å². The van der Waals surface area contributed by atoms with Gasteiger partial charge in [-0.2, -0.15) is 0 Å². The van der Waals surface area contributed by atoms with Gasteiger partial charge in [0.1, 0.15) is 0 Å². The Hall–Kier alpha value is -4.44. The van der Waals surface area contributed by atoms with Crippen LogP contribution in [0.25, 0.3) is 11.1 Å².